The average Bonchev–Trinajstić information content (AvgIpc) is 2.39. The van der Waals surface area contributed by atoms with E-state index in [9.17, 15) is 10.1 Å². The minimum absolute atomic E-state index is 0.0120. The van der Waals surface area contributed by atoms with Gasteiger partial charge in [0, 0.05) is 6.61 Å². The molecular weight excluding hydrogens is 240 g/mol. The van der Waals surface area contributed by atoms with Gasteiger partial charge in [-0.1, -0.05) is 0 Å². The van der Waals surface area contributed by atoms with Crippen LogP contribution in [0.15, 0.2) is 6.33 Å². The molecule has 1 atom stereocenters. The number of hydrazine groups is 1. The molecule has 2 heterocycles. The first-order chi connectivity index (χ1) is 8.72. The van der Waals surface area contributed by atoms with E-state index in [1.807, 2.05) is 0 Å². The van der Waals surface area contributed by atoms with Gasteiger partial charge in [0.25, 0.3) is 0 Å². The SMILES string of the molecule is NNc1ncnc(NC2CCCOC2)c1[N+](=O)[O-]. The lowest BCUT2D eigenvalue weighted by Gasteiger charge is -2.23. The zero-order valence-corrected chi connectivity index (χ0v) is 9.63. The molecule has 0 amide bonds. The van der Waals surface area contributed by atoms with Gasteiger partial charge in [-0.15, -0.1) is 0 Å². The fourth-order valence-corrected chi connectivity index (χ4v) is 1.81. The summed E-state index contributed by atoms with van der Waals surface area (Å²) in [5.41, 5.74) is 1.93. The van der Waals surface area contributed by atoms with Gasteiger partial charge >= 0.3 is 5.69 Å². The topological polar surface area (TPSA) is 128 Å². The zero-order chi connectivity index (χ0) is 13.0. The summed E-state index contributed by atoms with van der Waals surface area (Å²) < 4.78 is 5.30. The van der Waals surface area contributed by atoms with Gasteiger partial charge in [0.1, 0.15) is 6.33 Å². The number of nitrogens with two attached hydrogens (primary N) is 1. The monoisotopic (exact) mass is 254 g/mol. The maximum absolute atomic E-state index is 11.0. The van der Waals surface area contributed by atoms with Crippen LogP contribution < -0.4 is 16.6 Å². The Morgan fingerprint density at radius 3 is 2.89 bits per heavy atom. The van der Waals surface area contributed by atoms with Crippen LogP contribution >= 0.6 is 0 Å². The summed E-state index contributed by atoms with van der Waals surface area (Å²) in [6.45, 7) is 1.23. The molecule has 1 unspecified atom stereocenters. The predicted molar refractivity (Wildman–Crippen MR) is 64.0 cm³/mol. The van der Waals surface area contributed by atoms with Gasteiger partial charge in [-0.2, -0.15) is 0 Å². The van der Waals surface area contributed by atoms with Crippen LogP contribution in [0.3, 0.4) is 0 Å². The van der Waals surface area contributed by atoms with Crippen molar-refractivity contribution in [2.45, 2.75) is 18.9 Å². The third-order valence-corrected chi connectivity index (χ3v) is 2.64. The lowest BCUT2D eigenvalue weighted by molar-refractivity contribution is -0.383. The van der Waals surface area contributed by atoms with Gasteiger partial charge in [0.05, 0.1) is 17.6 Å². The van der Waals surface area contributed by atoms with Gasteiger partial charge in [-0.3, -0.25) is 10.1 Å². The molecule has 1 aromatic rings. The van der Waals surface area contributed by atoms with E-state index < -0.39 is 4.92 Å². The minimum atomic E-state index is -0.568. The number of aromatic nitrogens is 2. The summed E-state index contributed by atoms with van der Waals surface area (Å²) >= 11 is 0. The fourth-order valence-electron chi connectivity index (χ4n) is 1.81. The van der Waals surface area contributed by atoms with Crippen molar-refractivity contribution in [3.8, 4) is 0 Å². The highest BCUT2D eigenvalue weighted by molar-refractivity contribution is 5.69. The van der Waals surface area contributed by atoms with Crippen molar-refractivity contribution >= 4 is 17.3 Å². The summed E-state index contributed by atoms with van der Waals surface area (Å²) in [4.78, 5) is 18.0. The van der Waals surface area contributed by atoms with E-state index in [0.717, 1.165) is 19.4 Å². The Morgan fingerprint density at radius 2 is 2.28 bits per heavy atom. The summed E-state index contributed by atoms with van der Waals surface area (Å²) in [5, 5.41) is 14.0. The van der Waals surface area contributed by atoms with Crippen LogP contribution in [0.25, 0.3) is 0 Å². The van der Waals surface area contributed by atoms with Gasteiger partial charge in [-0.25, -0.2) is 15.8 Å². The molecule has 0 bridgehead atoms. The maximum Gasteiger partial charge on any atom is 0.354 e. The molecule has 2 rings (SSSR count). The Hall–Kier alpha value is -2.00. The summed E-state index contributed by atoms with van der Waals surface area (Å²) in [7, 11) is 0. The molecule has 1 fully saturated rings. The smallest absolute Gasteiger partial charge is 0.354 e. The first-order valence-electron chi connectivity index (χ1n) is 5.52. The second-order valence-electron chi connectivity index (χ2n) is 3.88. The van der Waals surface area contributed by atoms with Crippen molar-refractivity contribution < 1.29 is 9.66 Å². The van der Waals surface area contributed by atoms with Crippen LogP contribution in [0.5, 0.6) is 0 Å². The molecule has 0 aliphatic carbocycles. The van der Waals surface area contributed by atoms with Crippen LogP contribution in [0.1, 0.15) is 12.8 Å². The lowest BCUT2D eigenvalue weighted by atomic mass is 10.1. The number of ether oxygens (including phenoxy) is 1. The molecule has 1 aliphatic heterocycles. The highest BCUT2D eigenvalue weighted by Gasteiger charge is 2.25. The van der Waals surface area contributed by atoms with Crippen LogP contribution in [0, 0.1) is 10.1 Å². The summed E-state index contributed by atoms with van der Waals surface area (Å²) in [6, 6.07) is 0.0120. The molecule has 1 aliphatic rings. The molecule has 0 aromatic carbocycles. The Bertz CT molecular complexity index is 434. The van der Waals surface area contributed by atoms with Crippen LogP contribution in [0.4, 0.5) is 17.3 Å². The Morgan fingerprint density at radius 1 is 1.50 bits per heavy atom. The van der Waals surface area contributed by atoms with Crippen molar-refractivity contribution in [1.82, 2.24) is 9.97 Å². The zero-order valence-electron chi connectivity index (χ0n) is 9.63. The highest BCUT2D eigenvalue weighted by atomic mass is 16.6. The van der Waals surface area contributed by atoms with Crippen LogP contribution in [0.2, 0.25) is 0 Å². The molecule has 0 saturated carbocycles. The quantitative estimate of drug-likeness (QED) is 0.396. The van der Waals surface area contributed by atoms with E-state index >= 15 is 0 Å². The lowest BCUT2D eigenvalue weighted by Crippen LogP contribution is -2.30. The van der Waals surface area contributed by atoms with Gasteiger partial charge in [0.15, 0.2) is 0 Å². The Balaban J connectivity index is 2.23. The van der Waals surface area contributed by atoms with Gasteiger partial charge in [-0.05, 0) is 12.8 Å². The number of nitro groups is 1. The minimum Gasteiger partial charge on any atom is -0.379 e. The molecule has 18 heavy (non-hydrogen) atoms. The number of hydrogen-bond acceptors (Lipinski definition) is 8. The van der Waals surface area contributed by atoms with Crippen molar-refractivity contribution in [3.05, 3.63) is 16.4 Å². The van der Waals surface area contributed by atoms with Crippen molar-refractivity contribution in [2.75, 3.05) is 24.0 Å². The van der Waals surface area contributed by atoms with Crippen molar-refractivity contribution in [3.63, 3.8) is 0 Å². The van der Waals surface area contributed by atoms with Crippen molar-refractivity contribution in [2.24, 2.45) is 5.84 Å². The molecule has 1 aromatic heterocycles. The first kappa shape index (κ1) is 12.5. The standard InChI is InChI=1S/C9H14N6O3/c10-14-9-7(15(16)17)8(11-5-12-9)13-6-2-1-3-18-4-6/h5-6H,1-4,10H2,(H2,11,12,13,14). The molecule has 1 saturated heterocycles. The van der Waals surface area contributed by atoms with Gasteiger partial charge < -0.3 is 15.5 Å². The number of nitrogen functional groups attached to an aromatic ring is 1. The van der Waals surface area contributed by atoms with E-state index in [1.54, 1.807) is 0 Å². The summed E-state index contributed by atoms with van der Waals surface area (Å²) in [5.74, 6) is 5.33. The van der Waals surface area contributed by atoms with E-state index in [0.29, 0.717) is 6.61 Å². The first-order valence-corrected chi connectivity index (χ1v) is 5.52. The molecular formula is C9H14N6O3. The van der Waals surface area contributed by atoms with Gasteiger partial charge in [0.2, 0.25) is 11.6 Å². The van der Waals surface area contributed by atoms with Crippen LogP contribution in [-0.4, -0.2) is 34.1 Å². The number of nitrogens with zero attached hydrogens (tertiary/aromatic N) is 3. The largest absolute Gasteiger partial charge is 0.379 e. The molecule has 4 N–H and O–H groups in total. The fraction of sp³-hybridized carbons (Fsp3) is 0.556. The van der Waals surface area contributed by atoms with Crippen LogP contribution in [-0.2, 0) is 4.74 Å². The summed E-state index contributed by atoms with van der Waals surface area (Å²) in [6.07, 6.45) is 3.01. The second-order valence-corrected chi connectivity index (χ2v) is 3.88. The molecule has 98 valence electrons. The van der Waals surface area contributed by atoms with E-state index in [2.05, 4.69) is 20.7 Å². The number of hydrogen-bond donors (Lipinski definition) is 3. The Labute approximate surface area is 103 Å². The predicted octanol–water partition coefficient (Wildman–Crippen LogP) is 0.261. The molecule has 9 nitrogen and oxygen atoms in total. The Kier molecular flexibility index (Phi) is 3.85. The third kappa shape index (κ3) is 2.63. The average molecular weight is 254 g/mol. The molecule has 0 spiro atoms. The normalized spacial score (nSPS) is 19.3. The molecule has 9 heteroatoms. The number of anilines is 2. The number of nitrogens with one attached hydrogen (secondary N) is 2. The van der Waals surface area contributed by atoms with E-state index in [1.165, 1.54) is 6.33 Å². The van der Waals surface area contributed by atoms with E-state index in [-0.39, 0.29) is 23.4 Å². The second kappa shape index (κ2) is 5.56. The maximum atomic E-state index is 11.0. The van der Waals surface area contributed by atoms with Crippen molar-refractivity contribution in [1.29, 1.82) is 0 Å². The third-order valence-electron chi connectivity index (χ3n) is 2.64. The highest BCUT2D eigenvalue weighted by Crippen LogP contribution is 2.29. The van der Waals surface area contributed by atoms with E-state index in [4.69, 9.17) is 10.6 Å². The number of rotatable bonds is 4. The molecule has 0 radical (unpaired) electrons.